The third-order valence-electron chi connectivity index (χ3n) is 3.59. The van der Waals surface area contributed by atoms with Crippen molar-refractivity contribution in [3.8, 4) is 11.8 Å². The molecule has 2 nitrogen and oxygen atoms in total. The number of fused-ring (bicyclic) bond motifs is 3. The van der Waals surface area contributed by atoms with Gasteiger partial charge in [0, 0.05) is 11.8 Å². The highest BCUT2D eigenvalue weighted by Crippen LogP contribution is 2.44. The van der Waals surface area contributed by atoms with Gasteiger partial charge in [0.15, 0.2) is 0 Å². The van der Waals surface area contributed by atoms with Gasteiger partial charge in [-0.2, -0.15) is 0 Å². The SMILES string of the molecule is COC(=O)C#CC1CC2CCC1CC2. The molecule has 1 atom stereocenters. The molecule has 3 rings (SSSR count). The van der Waals surface area contributed by atoms with Gasteiger partial charge in [-0.3, -0.25) is 0 Å². The Balaban J connectivity index is 1.97. The van der Waals surface area contributed by atoms with Crippen molar-refractivity contribution in [3.63, 3.8) is 0 Å². The molecule has 0 spiro atoms. The molecule has 1 unspecified atom stereocenters. The Morgan fingerprint density at radius 1 is 1.29 bits per heavy atom. The predicted octanol–water partition coefficient (Wildman–Crippen LogP) is 1.99. The molecule has 2 heteroatoms. The molecule has 0 amide bonds. The number of methoxy groups -OCH3 is 1. The fraction of sp³-hybridized carbons (Fsp3) is 0.750. The van der Waals surface area contributed by atoms with Gasteiger partial charge >= 0.3 is 5.97 Å². The highest BCUT2D eigenvalue weighted by atomic mass is 16.5. The van der Waals surface area contributed by atoms with Crippen LogP contribution in [0.15, 0.2) is 0 Å². The van der Waals surface area contributed by atoms with E-state index in [1.54, 1.807) is 0 Å². The molecular formula is C12H16O2. The van der Waals surface area contributed by atoms with Crippen LogP contribution in [0.4, 0.5) is 0 Å². The zero-order valence-electron chi connectivity index (χ0n) is 8.58. The monoisotopic (exact) mass is 192 g/mol. The van der Waals surface area contributed by atoms with Crippen LogP contribution in [0.3, 0.4) is 0 Å². The zero-order chi connectivity index (χ0) is 9.97. The fourth-order valence-electron chi connectivity index (χ4n) is 2.76. The van der Waals surface area contributed by atoms with Crippen LogP contribution in [0.1, 0.15) is 32.1 Å². The Morgan fingerprint density at radius 2 is 2.00 bits per heavy atom. The maximum absolute atomic E-state index is 10.9. The molecule has 3 aliphatic carbocycles. The van der Waals surface area contributed by atoms with Crippen molar-refractivity contribution in [2.75, 3.05) is 7.11 Å². The number of ether oxygens (including phenoxy) is 1. The molecule has 0 aliphatic heterocycles. The summed E-state index contributed by atoms with van der Waals surface area (Å²) in [6.07, 6.45) is 6.58. The summed E-state index contributed by atoms with van der Waals surface area (Å²) in [6, 6.07) is 0. The molecule has 0 radical (unpaired) electrons. The van der Waals surface area contributed by atoms with Crippen LogP contribution in [0.2, 0.25) is 0 Å². The second-order valence-electron chi connectivity index (χ2n) is 4.38. The van der Waals surface area contributed by atoms with Gasteiger partial charge in [-0.25, -0.2) is 4.79 Å². The second-order valence-corrected chi connectivity index (χ2v) is 4.38. The topological polar surface area (TPSA) is 26.3 Å². The summed E-state index contributed by atoms with van der Waals surface area (Å²) in [5, 5.41) is 0. The third kappa shape index (κ3) is 1.92. The fourth-order valence-corrected chi connectivity index (χ4v) is 2.76. The molecule has 0 N–H and O–H groups in total. The largest absolute Gasteiger partial charge is 0.459 e. The minimum Gasteiger partial charge on any atom is -0.459 e. The summed E-state index contributed by atoms with van der Waals surface area (Å²) in [7, 11) is 1.38. The van der Waals surface area contributed by atoms with Gasteiger partial charge in [-0.15, -0.1) is 0 Å². The van der Waals surface area contributed by atoms with Crippen LogP contribution in [0, 0.1) is 29.6 Å². The quantitative estimate of drug-likeness (QED) is 0.333. The first kappa shape index (κ1) is 9.58. The van der Waals surface area contributed by atoms with E-state index < -0.39 is 5.97 Å². The highest BCUT2D eigenvalue weighted by Gasteiger charge is 2.34. The zero-order valence-corrected chi connectivity index (χ0v) is 8.58. The smallest absolute Gasteiger partial charge is 0.384 e. The molecule has 14 heavy (non-hydrogen) atoms. The number of hydrogen-bond donors (Lipinski definition) is 0. The van der Waals surface area contributed by atoms with Gasteiger partial charge in [0.25, 0.3) is 0 Å². The molecule has 2 bridgehead atoms. The number of carbonyl (C=O) groups excluding carboxylic acids is 1. The van der Waals surface area contributed by atoms with Crippen molar-refractivity contribution >= 4 is 5.97 Å². The van der Waals surface area contributed by atoms with Crippen LogP contribution in [0.5, 0.6) is 0 Å². The summed E-state index contributed by atoms with van der Waals surface area (Å²) < 4.78 is 4.51. The van der Waals surface area contributed by atoms with Crippen LogP contribution < -0.4 is 0 Å². The normalized spacial score (nSPS) is 34.5. The molecule has 76 valence electrons. The molecule has 0 saturated heterocycles. The lowest BCUT2D eigenvalue weighted by atomic mass is 9.65. The minimum absolute atomic E-state index is 0.397. The van der Waals surface area contributed by atoms with E-state index in [2.05, 4.69) is 16.6 Å². The van der Waals surface area contributed by atoms with Gasteiger partial charge in [0.2, 0.25) is 0 Å². The Morgan fingerprint density at radius 3 is 2.50 bits per heavy atom. The summed E-state index contributed by atoms with van der Waals surface area (Å²) in [6.45, 7) is 0. The van der Waals surface area contributed by atoms with Crippen molar-refractivity contribution < 1.29 is 9.53 Å². The third-order valence-corrected chi connectivity index (χ3v) is 3.59. The van der Waals surface area contributed by atoms with E-state index >= 15 is 0 Å². The van der Waals surface area contributed by atoms with E-state index in [0.29, 0.717) is 5.92 Å². The van der Waals surface area contributed by atoms with Crippen LogP contribution >= 0.6 is 0 Å². The first-order chi connectivity index (χ1) is 6.79. The van der Waals surface area contributed by atoms with Crippen LogP contribution in [0.25, 0.3) is 0 Å². The minimum atomic E-state index is -0.397. The molecule has 0 aromatic heterocycles. The van der Waals surface area contributed by atoms with Crippen molar-refractivity contribution in [1.82, 2.24) is 0 Å². The molecule has 0 heterocycles. The lowest BCUT2D eigenvalue weighted by molar-refractivity contribution is -0.133. The Kier molecular flexibility index (Phi) is 2.77. The number of esters is 1. The van der Waals surface area contributed by atoms with Crippen molar-refractivity contribution in [2.45, 2.75) is 32.1 Å². The molecule has 3 fully saturated rings. The number of rotatable bonds is 0. The Labute approximate surface area is 85.0 Å². The highest BCUT2D eigenvalue weighted by molar-refractivity contribution is 5.88. The maximum Gasteiger partial charge on any atom is 0.384 e. The average molecular weight is 192 g/mol. The number of hydrogen-bond acceptors (Lipinski definition) is 2. The predicted molar refractivity (Wildman–Crippen MR) is 53.3 cm³/mol. The Bertz CT molecular complexity index is 276. The summed E-state index contributed by atoms with van der Waals surface area (Å²) in [4.78, 5) is 10.9. The molecular weight excluding hydrogens is 176 g/mol. The van der Waals surface area contributed by atoms with E-state index in [4.69, 9.17) is 0 Å². The lowest BCUT2D eigenvalue weighted by Gasteiger charge is -2.39. The van der Waals surface area contributed by atoms with E-state index in [1.807, 2.05) is 0 Å². The molecule has 3 aliphatic rings. The van der Waals surface area contributed by atoms with Crippen molar-refractivity contribution in [2.24, 2.45) is 17.8 Å². The average Bonchev–Trinajstić information content (AvgIpc) is 2.27. The van der Waals surface area contributed by atoms with Gasteiger partial charge in [-0.1, -0.05) is 18.8 Å². The standard InChI is InChI=1S/C12H16O2/c1-14-12(13)7-6-11-8-9-2-4-10(11)5-3-9/h9-11H,2-5,8H2,1H3. The first-order valence-electron chi connectivity index (χ1n) is 5.39. The second kappa shape index (κ2) is 4.04. The summed E-state index contributed by atoms with van der Waals surface area (Å²) in [5.41, 5.74) is 0. The van der Waals surface area contributed by atoms with E-state index in [0.717, 1.165) is 11.8 Å². The van der Waals surface area contributed by atoms with Gasteiger partial charge < -0.3 is 4.74 Å². The van der Waals surface area contributed by atoms with Gasteiger partial charge in [0.05, 0.1) is 7.11 Å². The molecule has 3 saturated carbocycles. The lowest BCUT2D eigenvalue weighted by Crippen LogP contribution is -2.30. The van der Waals surface area contributed by atoms with E-state index in [-0.39, 0.29) is 0 Å². The Hall–Kier alpha value is -0.970. The van der Waals surface area contributed by atoms with Crippen LogP contribution in [-0.4, -0.2) is 13.1 Å². The van der Waals surface area contributed by atoms with Crippen LogP contribution in [-0.2, 0) is 9.53 Å². The molecule has 0 aromatic carbocycles. The first-order valence-corrected chi connectivity index (χ1v) is 5.39. The number of carbonyl (C=O) groups is 1. The van der Waals surface area contributed by atoms with Gasteiger partial charge in [0.1, 0.15) is 0 Å². The van der Waals surface area contributed by atoms with E-state index in [9.17, 15) is 4.79 Å². The van der Waals surface area contributed by atoms with Crippen molar-refractivity contribution in [1.29, 1.82) is 0 Å². The maximum atomic E-state index is 10.9. The summed E-state index contributed by atoms with van der Waals surface area (Å²) in [5.74, 6) is 7.34. The van der Waals surface area contributed by atoms with Gasteiger partial charge in [-0.05, 0) is 31.1 Å². The van der Waals surface area contributed by atoms with E-state index in [1.165, 1.54) is 39.2 Å². The summed E-state index contributed by atoms with van der Waals surface area (Å²) >= 11 is 0. The molecule has 0 aromatic rings. The van der Waals surface area contributed by atoms with Crippen molar-refractivity contribution in [3.05, 3.63) is 0 Å².